The molecule has 126 valence electrons. The second-order valence-corrected chi connectivity index (χ2v) is 6.09. The van der Waals surface area contributed by atoms with E-state index in [4.69, 9.17) is 0 Å². The molecule has 24 heavy (non-hydrogen) atoms. The molecule has 2 aromatic carbocycles. The van der Waals surface area contributed by atoms with E-state index in [2.05, 4.69) is 76.9 Å². The maximum Gasteiger partial charge on any atom is 0.308 e. The first kappa shape index (κ1) is 17.8. The quantitative estimate of drug-likeness (QED) is 0.647. The van der Waals surface area contributed by atoms with Gasteiger partial charge in [0.15, 0.2) is 0 Å². The summed E-state index contributed by atoms with van der Waals surface area (Å²) >= 11 is 0. The molecule has 0 radical (unpaired) electrons. The third-order valence-electron chi connectivity index (χ3n) is 3.87. The van der Waals surface area contributed by atoms with Crippen molar-refractivity contribution in [1.29, 1.82) is 0 Å². The van der Waals surface area contributed by atoms with Gasteiger partial charge in [0.1, 0.15) is 0 Å². The summed E-state index contributed by atoms with van der Waals surface area (Å²) in [5.41, 5.74) is 3.97. The lowest BCUT2D eigenvalue weighted by Gasteiger charge is -2.08. The molecule has 0 unspecified atom stereocenters. The van der Waals surface area contributed by atoms with Gasteiger partial charge in [-0.05, 0) is 30.0 Å². The van der Waals surface area contributed by atoms with Gasteiger partial charge in [0.2, 0.25) is 0 Å². The number of aryl methyl sites for hydroxylation is 1. The van der Waals surface area contributed by atoms with Crippen LogP contribution in [0.4, 0.5) is 0 Å². The molecule has 0 atom stereocenters. The van der Waals surface area contributed by atoms with E-state index in [-0.39, 0.29) is 11.9 Å². The van der Waals surface area contributed by atoms with Crippen LogP contribution in [0.15, 0.2) is 60.7 Å². The van der Waals surface area contributed by atoms with Gasteiger partial charge >= 0.3 is 5.97 Å². The number of hydrogen-bond donors (Lipinski definition) is 0. The number of fused-ring (bicyclic) bond motifs is 1. The molecule has 0 saturated heterocycles. The van der Waals surface area contributed by atoms with E-state index in [1.807, 2.05) is 0 Å². The molecular weight excluding hydrogens is 298 g/mol. The van der Waals surface area contributed by atoms with Crippen LogP contribution in [0.2, 0.25) is 0 Å². The number of esters is 1. The Labute approximate surface area is 143 Å². The third kappa shape index (κ3) is 4.48. The number of carbonyl (C=O) groups excluding carboxylic acids is 1. The summed E-state index contributed by atoms with van der Waals surface area (Å²) in [6.07, 6.45) is 0. The van der Waals surface area contributed by atoms with Crippen LogP contribution >= 0.6 is 0 Å². The molecule has 0 aliphatic carbocycles. The first-order chi connectivity index (χ1) is 11.5. The number of hydrogen-bond acceptors (Lipinski definition) is 2. The van der Waals surface area contributed by atoms with Gasteiger partial charge in [-0.15, -0.1) is 0 Å². The smallest absolute Gasteiger partial charge is 0.308 e. The van der Waals surface area contributed by atoms with Crippen LogP contribution < -0.4 is 0 Å². The molecule has 0 aliphatic heterocycles. The first-order valence-electron chi connectivity index (χ1n) is 8.19. The minimum atomic E-state index is -0.153. The molecule has 3 nitrogen and oxygen atoms in total. The van der Waals surface area contributed by atoms with Crippen LogP contribution in [0.3, 0.4) is 0 Å². The number of aromatic nitrogens is 1. The predicted octanol–water partition coefficient (Wildman–Crippen LogP) is 4.81. The standard InChI is InChI=1S/C16H15N.C5H10O2/c1-13-11-15-9-5-6-10-16(15)17(13)12-14-7-3-2-4-8-14;1-4(2)5(6)7-3/h2-11H,12H2,1H3;4H,1-3H3. The molecule has 0 aliphatic rings. The van der Waals surface area contributed by atoms with E-state index in [0.717, 1.165) is 6.54 Å². The first-order valence-corrected chi connectivity index (χ1v) is 8.19. The highest BCUT2D eigenvalue weighted by Gasteiger charge is 2.05. The van der Waals surface area contributed by atoms with Crippen LogP contribution in [0.1, 0.15) is 25.1 Å². The van der Waals surface area contributed by atoms with E-state index >= 15 is 0 Å². The summed E-state index contributed by atoms with van der Waals surface area (Å²) < 4.78 is 6.74. The molecule has 0 N–H and O–H groups in total. The van der Waals surface area contributed by atoms with Crippen molar-refractivity contribution in [3.05, 3.63) is 71.9 Å². The molecule has 3 aromatic rings. The molecule has 0 spiro atoms. The summed E-state index contributed by atoms with van der Waals surface area (Å²) in [5, 5.41) is 1.32. The summed E-state index contributed by atoms with van der Waals surface area (Å²) in [6, 6.07) is 21.4. The van der Waals surface area contributed by atoms with Crippen LogP contribution in [-0.4, -0.2) is 17.6 Å². The molecule has 1 heterocycles. The van der Waals surface area contributed by atoms with Gasteiger partial charge in [0.05, 0.1) is 13.0 Å². The Bertz CT molecular complexity index is 788. The van der Waals surface area contributed by atoms with E-state index in [9.17, 15) is 4.79 Å². The normalized spacial score (nSPS) is 10.4. The Hall–Kier alpha value is -2.55. The molecule has 3 rings (SSSR count). The fraction of sp³-hybridized carbons (Fsp3) is 0.286. The Morgan fingerprint density at radius 2 is 1.67 bits per heavy atom. The van der Waals surface area contributed by atoms with Gasteiger partial charge < -0.3 is 9.30 Å². The number of methoxy groups -OCH3 is 1. The second kappa shape index (κ2) is 8.34. The zero-order valence-corrected chi connectivity index (χ0v) is 14.8. The fourth-order valence-electron chi connectivity index (χ4n) is 2.56. The number of benzene rings is 2. The topological polar surface area (TPSA) is 31.2 Å². The largest absolute Gasteiger partial charge is 0.469 e. The number of para-hydroxylation sites is 1. The molecular formula is C21H25NO2. The zero-order valence-electron chi connectivity index (χ0n) is 14.8. The van der Waals surface area contributed by atoms with Crippen molar-refractivity contribution < 1.29 is 9.53 Å². The molecule has 0 fully saturated rings. The van der Waals surface area contributed by atoms with Crippen LogP contribution in [-0.2, 0) is 16.1 Å². The Balaban J connectivity index is 0.000000256. The van der Waals surface area contributed by atoms with Crippen LogP contribution in [0.5, 0.6) is 0 Å². The van der Waals surface area contributed by atoms with Crippen molar-refractivity contribution in [2.75, 3.05) is 7.11 Å². The Morgan fingerprint density at radius 3 is 2.25 bits per heavy atom. The minimum absolute atomic E-state index is 0.00463. The minimum Gasteiger partial charge on any atom is -0.469 e. The van der Waals surface area contributed by atoms with Crippen molar-refractivity contribution in [2.45, 2.75) is 27.3 Å². The molecule has 3 heteroatoms. The maximum atomic E-state index is 10.3. The van der Waals surface area contributed by atoms with Crippen molar-refractivity contribution in [3.63, 3.8) is 0 Å². The highest BCUT2D eigenvalue weighted by molar-refractivity contribution is 5.81. The summed E-state index contributed by atoms with van der Waals surface area (Å²) in [7, 11) is 1.39. The highest BCUT2D eigenvalue weighted by Crippen LogP contribution is 2.20. The zero-order chi connectivity index (χ0) is 17.5. The SMILES string of the molecule is COC(=O)C(C)C.Cc1cc2ccccc2n1Cc1ccccc1. The second-order valence-electron chi connectivity index (χ2n) is 6.09. The number of nitrogens with zero attached hydrogens (tertiary/aromatic N) is 1. The monoisotopic (exact) mass is 323 g/mol. The van der Waals surface area contributed by atoms with Gasteiger partial charge in [-0.2, -0.15) is 0 Å². The number of ether oxygens (including phenoxy) is 1. The van der Waals surface area contributed by atoms with Gasteiger partial charge in [-0.1, -0.05) is 62.4 Å². The Kier molecular flexibility index (Phi) is 6.19. The average Bonchev–Trinajstić information content (AvgIpc) is 2.91. The third-order valence-corrected chi connectivity index (χ3v) is 3.87. The number of rotatable bonds is 3. The lowest BCUT2D eigenvalue weighted by molar-refractivity contribution is -0.144. The fourth-order valence-corrected chi connectivity index (χ4v) is 2.56. The van der Waals surface area contributed by atoms with E-state index in [1.54, 1.807) is 13.8 Å². The molecule has 1 aromatic heterocycles. The Morgan fingerprint density at radius 1 is 1.04 bits per heavy atom. The van der Waals surface area contributed by atoms with Crippen molar-refractivity contribution in [3.8, 4) is 0 Å². The van der Waals surface area contributed by atoms with Gasteiger partial charge in [0.25, 0.3) is 0 Å². The summed E-state index contributed by atoms with van der Waals surface area (Å²) in [4.78, 5) is 10.3. The van der Waals surface area contributed by atoms with Crippen molar-refractivity contribution >= 4 is 16.9 Å². The van der Waals surface area contributed by atoms with Crippen molar-refractivity contribution in [2.24, 2.45) is 5.92 Å². The summed E-state index contributed by atoms with van der Waals surface area (Å²) in [6.45, 7) is 6.71. The van der Waals surface area contributed by atoms with Crippen molar-refractivity contribution in [1.82, 2.24) is 4.57 Å². The number of carbonyl (C=O) groups is 1. The lowest BCUT2D eigenvalue weighted by atomic mass is 10.2. The van der Waals surface area contributed by atoms with E-state index in [0.29, 0.717) is 0 Å². The lowest BCUT2D eigenvalue weighted by Crippen LogP contribution is -2.07. The van der Waals surface area contributed by atoms with E-state index in [1.165, 1.54) is 29.3 Å². The average molecular weight is 323 g/mol. The predicted molar refractivity (Wildman–Crippen MR) is 99.1 cm³/mol. The van der Waals surface area contributed by atoms with Gasteiger partial charge in [-0.3, -0.25) is 4.79 Å². The van der Waals surface area contributed by atoms with Gasteiger partial charge in [0, 0.05) is 17.8 Å². The highest BCUT2D eigenvalue weighted by atomic mass is 16.5. The van der Waals surface area contributed by atoms with Gasteiger partial charge in [-0.25, -0.2) is 0 Å². The maximum absolute atomic E-state index is 10.3. The molecule has 0 saturated carbocycles. The van der Waals surface area contributed by atoms with E-state index < -0.39 is 0 Å². The molecule has 0 amide bonds. The summed E-state index contributed by atoms with van der Waals surface area (Å²) in [5.74, 6) is -0.148. The van der Waals surface area contributed by atoms with Crippen LogP contribution in [0.25, 0.3) is 10.9 Å². The van der Waals surface area contributed by atoms with Crippen LogP contribution in [0, 0.1) is 12.8 Å². The molecule has 0 bridgehead atoms.